The van der Waals surface area contributed by atoms with Crippen molar-refractivity contribution in [2.45, 2.75) is 0 Å². The van der Waals surface area contributed by atoms with Gasteiger partial charge in [0, 0.05) is 0 Å². The quantitative estimate of drug-likeness (QED) is 0.584. The molecule has 0 aliphatic heterocycles. The fraction of sp³-hybridized carbons (Fsp3) is 0.125. The zero-order valence-corrected chi connectivity index (χ0v) is 8.66. The lowest BCUT2D eigenvalue weighted by molar-refractivity contribution is 0.0574. The molecule has 0 atom stereocenters. The molecule has 0 heterocycles. The maximum absolute atomic E-state index is 11.1. The third kappa shape index (κ3) is 2.76. The molecule has 13 heavy (non-hydrogen) atoms. The number of ether oxygens (including phenoxy) is 1. The summed E-state index contributed by atoms with van der Waals surface area (Å²) in [5, 5.41) is 0.703. The zero-order valence-electron chi connectivity index (χ0n) is 6.39. The van der Waals surface area contributed by atoms with Crippen molar-refractivity contribution >= 4 is 40.8 Å². The minimum absolute atomic E-state index is 0.181. The number of rotatable bonds is 2. The third-order valence-corrected chi connectivity index (χ3v) is 2.19. The highest BCUT2D eigenvalue weighted by molar-refractivity contribution is 6.42. The lowest BCUT2D eigenvalue weighted by Gasteiger charge is -2.01. The van der Waals surface area contributed by atoms with E-state index in [1.165, 1.54) is 18.2 Å². The number of benzene rings is 1. The minimum atomic E-state index is -0.520. The van der Waals surface area contributed by atoms with Crippen LogP contribution in [-0.4, -0.2) is 12.0 Å². The van der Waals surface area contributed by atoms with E-state index in [1.807, 2.05) is 0 Å². The molecule has 1 aromatic carbocycles. The first-order valence-electron chi connectivity index (χ1n) is 3.33. The summed E-state index contributed by atoms with van der Waals surface area (Å²) in [5.74, 6) is -0.520. The monoisotopic (exact) mass is 238 g/mol. The van der Waals surface area contributed by atoms with Gasteiger partial charge in [0.15, 0.2) is 6.07 Å². The molecule has 5 heteroatoms. The van der Waals surface area contributed by atoms with Crippen molar-refractivity contribution in [3.8, 4) is 0 Å². The van der Waals surface area contributed by atoms with Crippen LogP contribution in [-0.2, 0) is 4.74 Å². The number of halogens is 3. The Morgan fingerprint density at radius 2 is 2.00 bits per heavy atom. The lowest BCUT2D eigenvalue weighted by atomic mass is 10.2. The van der Waals surface area contributed by atoms with Crippen molar-refractivity contribution in [1.82, 2.24) is 0 Å². The van der Waals surface area contributed by atoms with Crippen LogP contribution in [0.15, 0.2) is 18.2 Å². The molecule has 0 aliphatic rings. The molecule has 2 nitrogen and oxygen atoms in total. The van der Waals surface area contributed by atoms with Gasteiger partial charge in [0.25, 0.3) is 0 Å². The molecule has 0 aromatic heterocycles. The van der Waals surface area contributed by atoms with Gasteiger partial charge >= 0.3 is 5.97 Å². The molecule has 0 saturated heterocycles. The maximum atomic E-state index is 11.1. The first-order valence-corrected chi connectivity index (χ1v) is 4.62. The molecule has 0 fully saturated rings. The summed E-state index contributed by atoms with van der Waals surface area (Å²) < 4.78 is 4.55. The van der Waals surface area contributed by atoms with Gasteiger partial charge in [0.1, 0.15) is 0 Å². The predicted octanol–water partition coefficient (Wildman–Crippen LogP) is 3.35. The van der Waals surface area contributed by atoms with Crippen LogP contribution in [0, 0.1) is 0 Å². The summed E-state index contributed by atoms with van der Waals surface area (Å²) in [6.45, 7) is 0. The molecular formula is C8H5Cl3O2. The van der Waals surface area contributed by atoms with Crippen molar-refractivity contribution in [3.05, 3.63) is 33.8 Å². The Morgan fingerprint density at radius 3 is 2.54 bits per heavy atom. The van der Waals surface area contributed by atoms with E-state index in [0.29, 0.717) is 15.6 Å². The van der Waals surface area contributed by atoms with Crippen molar-refractivity contribution in [2.24, 2.45) is 0 Å². The summed E-state index contributed by atoms with van der Waals surface area (Å²) in [7, 11) is 0. The Balaban J connectivity index is 2.90. The third-order valence-electron chi connectivity index (χ3n) is 1.34. The largest absolute Gasteiger partial charge is 0.446 e. The summed E-state index contributed by atoms with van der Waals surface area (Å²) in [6, 6.07) is 4.29. The van der Waals surface area contributed by atoms with E-state index in [4.69, 9.17) is 34.8 Å². The molecule has 70 valence electrons. The number of carbonyl (C=O) groups excluding carboxylic acids is 1. The van der Waals surface area contributed by atoms with Gasteiger partial charge in [-0.3, -0.25) is 0 Å². The maximum Gasteiger partial charge on any atom is 0.339 e. The zero-order chi connectivity index (χ0) is 9.84. The Morgan fingerprint density at radius 1 is 1.31 bits per heavy atom. The summed E-state index contributed by atoms with van der Waals surface area (Å²) in [6.07, 6.45) is 0. The van der Waals surface area contributed by atoms with Crippen LogP contribution in [0.5, 0.6) is 0 Å². The topological polar surface area (TPSA) is 26.3 Å². The van der Waals surface area contributed by atoms with E-state index in [1.54, 1.807) is 0 Å². The molecule has 0 spiro atoms. The van der Waals surface area contributed by atoms with Crippen LogP contribution >= 0.6 is 34.8 Å². The number of esters is 1. The number of hydrogen-bond donors (Lipinski definition) is 0. The van der Waals surface area contributed by atoms with Gasteiger partial charge in [-0.05, 0) is 18.2 Å². The van der Waals surface area contributed by atoms with Gasteiger partial charge in [0.05, 0.1) is 15.6 Å². The molecular weight excluding hydrogens is 234 g/mol. The van der Waals surface area contributed by atoms with Gasteiger partial charge in [-0.25, -0.2) is 4.79 Å². The number of alkyl halides is 1. The second-order valence-electron chi connectivity index (χ2n) is 2.17. The van der Waals surface area contributed by atoms with Crippen LogP contribution in [0.25, 0.3) is 0 Å². The highest BCUT2D eigenvalue weighted by atomic mass is 35.5. The van der Waals surface area contributed by atoms with Gasteiger partial charge in [-0.2, -0.15) is 0 Å². The molecule has 0 N–H and O–H groups in total. The molecule has 0 unspecified atom stereocenters. The van der Waals surface area contributed by atoms with E-state index in [2.05, 4.69) is 4.74 Å². The molecule has 1 rings (SSSR count). The van der Waals surface area contributed by atoms with Gasteiger partial charge in [-0.1, -0.05) is 34.8 Å². The molecule has 0 aliphatic carbocycles. The van der Waals surface area contributed by atoms with Crippen LogP contribution in [0.1, 0.15) is 10.4 Å². The molecule has 0 bridgehead atoms. The normalized spacial score (nSPS) is 9.77. The minimum Gasteiger partial charge on any atom is -0.446 e. The molecule has 0 saturated carbocycles. The Hall–Kier alpha value is -0.440. The average molecular weight is 239 g/mol. The van der Waals surface area contributed by atoms with Gasteiger partial charge in [-0.15, -0.1) is 0 Å². The summed E-state index contributed by atoms with van der Waals surface area (Å²) in [4.78, 5) is 11.1. The second-order valence-corrected chi connectivity index (χ2v) is 3.20. The molecule has 0 radical (unpaired) electrons. The number of carbonyl (C=O) groups is 1. The Labute approximate surface area is 90.3 Å². The van der Waals surface area contributed by atoms with Gasteiger partial charge in [0.2, 0.25) is 0 Å². The SMILES string of the molecule is O=C(OCCl)c1ccc(Cl)c(Cl)c1. The fourth-order valence-electron chi connectivity index (χ4n) is 0.756. The Bertz CT molecular complexity index is 325. The molecule has 1 aromatic rings. The van der Waals surface area contributed by atoms with Crippen molar-refractivity contribution in [1.29, 1.82) is 0 Å². The molecule has 0 amide bonds. The van der Waals surface area contributed by atoms with Crippen LogP contribution < -0.4 is 0 Å². The Kier molecular flexibility index (Phi) is 3.85. The van der Waals surface area contributed by atoms with Crippen molar-refractivity contribution in [2.75, 3.05) is 6.07 Å². The van der Waals surface area contributed by atoms with Crippen LogP contribution in [0.2, 0.25) is 10.0 Å². The van der Waals surface area contributed by atoms with Gasteiger partial charge < -0.3 is 4.74 Å². The van der Waals surface area contributed by atoms with Crippen LogP contribution in [0.3, 0.4) is 0 Å². The van der Waals surface area contributed by atoms with E-state index in [-0.39, 0.29) is 6.07 Å². The lowest BCUT2D eigenvalue weighted by Crippen LogP contribution is -2.03. The second kappa shape index (κ2) is 4.70. The highest BCUT2D eigenvalue weighted by Gasteiger charge is 2.08. The van der Waals surface area contributed by atoms with E-state index < -0.39 is 5.97 Å². The smallest absolute Gasteiger partial charge is 0.339 e. The first-order chi connectivity index (χ1) is 6.15. The average Bonchev–Trinajstić information content (AvgIpc) is 2.10. The van der Waals surface area contributed by atoms with E-state index in [9.17, 15) is 4.79 Å². The van der Waals surface area contributed by atoms with Crippen LogP contribution in [0.4, 0.5) is 0 Å². The predicted molar refractivity (Wildman–Crippen MR) is 52.6 cm³/mol. The number of hydrogen-bond acceptors (Lipinski definition) is 2. The summed E-state index contributed by atoms with van der Waals surface area (Å²) in [5.41, 5.74) is 0.329. The first kappa shape index (κ1) is 10.6. The van der Waals surface area contributed by atoms with E-state index in [0.717, 1.165) is 0 Å². The van der Waals surface area contributed by atoms with Crippen molar-refractivity contribution in [3.63, 3.8) is 0 Å². The highest BCUT2D eigenvalue weighted by Crippen LogP contribution is 2.22. The van der Waals surface area contributed by atoms with Crippen molar-refractivity contribution < 1.29 is 9.53 Å². The summed E-state index contributed by atoms with van der Waals surface area (Å²) >= 11 is 16.6. The van der Waals surface area contributed by atoms with E-state index >= 15 is 0 Å². The fourth-order valence-corrected chi connectivity index (χ4v) is 1.15. The standard InChI is InChI=1S/C8H5Cl3O2/c9-4-13-8(12)5-1-2-6(10)7(11)3-5/h1-3H,4H2.